The number of nitrogens with one attached hydrogen (secondary N) is 1. The summed E-state index contributed by atoms with van der Waals surface area (Å²) in [7, 11) is -2.10. The molecule has 0 unspecified atom stereocenters. The molecule has 18 heavy (non-hydrogen) atoms. The lowest BCUT2D eigenvalue weighted by atomic mass is 10.2. The highest BCUT2D eigenvalue weighted by atomic mass is 32.2. The quantitative estimate of drug-likeness (QED) is 0.857. The van der Waals surface area contributed by atoms with Crippen LogP contribution in [0, 0.1) is 0 Å². The second kappa shape index (κ2) is 5.72. The summed E-state index contributed by atoms with van der Waals surface area (Å²) in [4.78, 5) is 11.6. The van der Waals surface area contributed by atoms with E-state index < -0.39 is 15.9 Å². The highest BCUT2D eigenvalue weighted by molar-refractivity contribution is 7.89. The minimum atomic E-state index is -3.58. The summed E-state index contributed by atoms with van der Waals surface area (Å²) >= 11 is 0. The standard InChI is InChI=1S/C11H15NO5S/c1-4-17-10-7-8(5-6-9(10)16-2)11(13)12-18(3,14)15/h5-7H,4H2,1-3H3,(H,12,13). The van der Waals surface area contributed by atoms with Crippen LogP contribution in [-0.2, 0) is 10.0 Å². The fraction of sp³-hybridized carbons (Fsp3) is 0.364. The van der Waals surface area contributed by atoms with E-state index in [0.29, 0.717) is 18.1 Å². The van der Waals surface area contributed by atoms with Crippen LogP contribution in [0.25, 0.3) is 0 Å². The van der Waals surface area contributed by atoms with E-state index in [2.05, 4.69) is 0 Å². The molecule has 0 aliphatic rings. The lowest BCUT2D eigenvalue weighted by Gasteiger charge is -2.10. The van der Waals surface area contributed by atoms with E-state index in [-0.39, 0.29) is 5.56 Å². The van der Waals surface area contributed by atoms with E-state index in [9.17, 15) is 13.2 Å². The zero-order valence-corrected chi connectivity index (χ0v) is 11.2. The Bertz CT molecular complexity index is 538. The van der Waals surface area contributed by atoms with Gasteiger partial charge in [0.25, 0.3) is 5.91 Å². The summed E-state index contributed by atoms with van der Waals surface area (Å²) in [5, 5.41) is 0. The van der Waals surface area contributed by atoms with Crippen molar-refractivity contribution in [1.82, 2.24) is 4.72 Å². The Hall–Kier alpha value is -1.76. The van der Waals surface area contributed by atoms with Gasteiger partial charge in [0, 0.05) is 5.56 Å². The van der Waals surface area contributed by atoms with Crippen LogP contribution in [0.15, 0.2) is 18.2 Å². The minimum absolute atomic E-state index is 0.185. The van der Waals surface area contributed by atoms with Crippen LogP contribution in [0.5, 0.6) is 11.5 Å². The van der Waals surface area contributed by atoms with Gasteiger partial charge in [-0.2, -0.15) is 0 Å². The van der Waals surface area contributed by atoms with Gasteiger partial charge in [-0.3, -0.25) is 4.79 Å². The Balaban J connectivity index is 3.04. The van der Waals surface area contributed by atoms with Gasteiger partial charge < -0.3 is 9.47 Å². The highest BCUT2D eigenvalue weighted by Gasteiger charge is 2.14. The highest BCUT2D eigenvalue weighted by Crippen LogP contribution is 2.27. The minimum Gasteiger partial charge on any atom is -0.493 e. The number of rotatable bonds is 5. The molecule has 0 saturated carbocycles. The zero-order chi connectivity index (χ0) is 13.8. The number of carbonyl (C=O) groups is 1. The molecule has 0 heterocycles. The number of sulfonamides is 1. The van der Waals surface area contributed by atoms with Gasteiger partial charge in [0.1, 0.15) is 0 Å². The number of benzene rings is 1. The lowest BCUT2D eigenvalue weighted by molar-refractivity contribution is 0.0981. The molecule has 1 N–H and O–H groups in total. The molecule has 1 aromatic rings. The molecular weight excluding hydrogens is 258 g/mol. The van der Waals surface area contributed by atoms with E-state index >= 15 is 0 Å². The fourth-order valence-electron chi connectivity index (χ4n) is 1.31. The van der Waals surface area contributed by atoms with E-state index in [0.717, 1.165) is 6.26 Å². The smallest absolute Gasteiger partial charge is 0.264 e. The summed E-state index contributed by atoms with van der Waals surface area (Å²) in [5.41, 5.74) is 0.185. The van der Waals surface area contributed by atoms with Gasteiger partial charge in [-0.1, -0.05) is 0 Å². The molecule has 0 atom stereocenters. The Morgan fingerprint density at radius 2 is 2.00 bits per heavy atom. The first-order valence-corrected chi connectivity index (χ1v) is 7.09. The molecule has 6 nitrogen and oxygen atoms in total. The molecule has 1 aromatic carbocycles. The van der Waals surface area contributed by atoms with Gasteiger partial charge in [-0.25, -0.2) is 13.1 Å². The van der Waals surface area contributed by atoms with Crippen molar-refractivity contribution >= 4 is 15.9 Å². The van der Waals surface area contributed by atoms with Crippen molar-refractivity contribution < 1.29 is 22.7 Å². The second-order valence-electron chi connectivity index (χ2n) is 3.50. The number of ether oxygens (including phenoxy) is 2. The average molecular weight is 273 g/mol. The van der Waals surface area contributed by atoms with Crippen LogP contribution < -0.4 is 14.2 Å². The predicted octanol–water partition coefficient (Wildman–Crippen LogP) is 0.783. The molecular formula is C11H15NO5S. The Labute approximate surface area is 106 Å². The van der Waals surface area contributed by atoms with Crippen molar-refractivity contribution in [3.8, 4) is 11.5 Å². The third-order valence-corrected chi connectivity index (χ3v) is 2.56. The summed E-state index contributed by atoms with van der Waals surface area (Å²) in [6.45, 7) is 2.20. The molecule has 1 amide bonds. The van der Waals surface area contributed by atoms with Crippen LogP contribution in [-0.4, -0.2) is 34.3 Å². The largest absolute Gasteiger partial charge is 0.493 e. The lowest BCUT2D eigenvalue weighted by Crippen LogP contribution is -2.29. The summed E-state index contributed by atoms with van der Waals surface area (Å²) in [5.74, 6) is 0.162. The Morgan fingerprint density at radius 1 is 1.33 bits per heavy atom. The average Bonchev–Trinajstić information content (AvgIpc) is 2.27. The topological polar surface area (TPSA) is 81.7 Å². The molecule has 100 valence electrons. The molecule has 0 fully saturated rings. The van der Waals surface area contributed by atoms with Crippen molar-refractivity contribution in [3.05, 3.63) is 23.8 Å². The number of carbonyl (C=O) groups excluding carboxylic acids is 1. The summed E-state index contributed by atoms with van der Waals surface area (Å²) in [6.07, 6.45) is 0.915. The number of hydrogen-bond acceptors (Lipinski definition) is 5. The number of amides is 1. The van der Waals surface area contributed by atoms with Gasteiger partial charge in [0.05, 0.1) is 20.0 Å². The molecule has 0 saturated heterocycles. The summed E-state index contributed by atoms with van der Waals surface area (Å²) < 4.78 is 34.2. The zero-order valence-electron chi connectivity index (χ0n) is 10.4. The molecule has 0 bridgehead atoms. The molecule has 0 aliphatic carbocycles. The maximum absolute atomic E-state index is 11.6. The van der Waals surface area contributed by atoms with Gasteiger partial charge in [-0.15, -0.1) is 0 Å². The van der Waals surface area contributed by atoms with Crippen molar-refractivity contribution in [2.45, 2.75) is 6.92 Å². The van der Waals surface area contributed by atoms with Crippen molar-refractivity contribution in [2.24, 2.45) is 0 Å². The third-order valence-electron chi connectivity index (χ3n) is 2.00. The predicted molar refractivity (Wildman–Crippen MR) is 66.5 cm³/mol. The first-order chi connectivity index (χ1) is 8.37. The molecule has 0 radical (unpaired) electrons. The van der Waals surface area contributed by atoms with Crippen LogP contribution in [0.2, 0.25) is 0 Å². The van der Waals surface area contributed by atoms with E-state index in [1.807, 2.05) is 4.72 Å². The number of methoxy groups -OCH3 is 1. The molecule has 7 heteroatoms. The monoisotopic (exact) mass is 273 g/mol. The van der Waals surface area contributed by atoms with E-state index in [1.54, 1.807) is 13.0 Å². The maximum atomic E-state index is 11.6. The van der Waals surface area contributed by atoms with Crippen LogP contribution in [0.4, 0.5) is 0 Å². The molecule has 0 spiro atoms. The first-order valence-electron chi connectivity index (χ1n) is 5.20. The van der Waals surface area contributed by atoms with Gasteiger partial charge in [0.15, 0.2) is 11.5 Å². The van der Waals surface area contributed by atoms with Gasteiger partial charge in [0.2, 0.25) is 10.0 Å². The molecule has 0 aromatic heterocycles. The van der Waals surface area contributed by atoms with Crippen LogP contribution in [0.1, 0.15) is 17.3 Å². The second-order valence-corrected chi connectivity index (χ2v) is 5.25. The van der Waals surface area contributed by atoms with Crippen molar-refractivity contribution in [3.63, 3.8) is 0 Å². The van der Waals surface area contributed by atoms with E-state index in [4.69, 9.17) is 9.47 Å². The van der Waals surface area contributed by atoms with Gasteiger partial charge in [-0.05, 0) is 25.1 Å². The number of hydrogen-bond donors (Lipinski definition) is 1. The van der Waals surface area contributed by atoms with Crippen molar-refractivity contribution in [2.75, 3.05) is 20.0 Å². The summed E-state index contributed by atoms with van der Waals surface area (Å²) in [6, 6.07) is 4.44. The van der Waals surface area contributed by atoms with Gasteiger partial charge >= 0.3 is 0 Å². The first kappa shape index (κ1) is 14.3. The Morgan fingerprint density at radius 3 is 2.50 bits per heavy atom. The SMILES string of the molecule is CCOc1cc(C(=O)NS(C)(=O)=O)ccc1OC. The van der Waals surface area contributed by atoms with E-state index in [1.165, 1.54) is 19.2 Å². The van der Waals surface area contributed by atoms with Crippen LogP contribution in [0.3, 0.4) is 0 Å². The third kappa shape index (κ3) is 3.92. The normalized spacial score (nSPS) is 10.8. The maximum Gasteiger partial charge on any atom is 0.264 e. The Kier molecular flexibility index (Phi) is 4.55. The fourth-order valence-corrected chi connectivity index (χ4v) is 1.77. The molecule has 1 rings (SSSR count). The van der Waals surface area contributed by atoms with Crippen LogP contribution >= 0.6 is 0 Å². The molecule has 0 aliphatic heterocycles. The van der Waals surface area contributed by atoms with Crippen molar-refractivity contribution in [1.29, 1.82) is 0 Å².